The maximum Gasteiger partial charge on any atom is 0.132 e. The third-order valence-corrected chi connectivity index (χ3v) is 3.95. The van der Waals surface area contributed by atoms with Gasteiger partial charge in [0.1, 0.15) is 5.82 Å². The van der Waals surface area contributed by atoms with E-state index in [1.54, 1.807) is 19.3 Å². The zero-order valence-electron chi connectivity index (χ0n) is 12.2. The van der Waals surface area contributed by atoms with Gasteiger partial charge in [0.15, 0.2) is 0 Å². The lowest BCUT2D eigenvalue weighted by molar-refractivity contribution is 0.200. The van der Waals surface area contributed by atoms with E-state index in [0.717, 1.165) is 41.9 Å². The van der Waals surface area contributed by atoms with Crippen LogP contribution in [0, 0.1) is 0 Å². The van der Waals surface area contributed by atoms with E-state index in [9.17, 15) is 5.11 Å². The summed E-state index contributed by atoms with van der Waals surface area (Å²) in [6, 6.07) is 4.00. The van der Waals surface area contributed by atoms with Crippen LogP contribution in [0.15, 0.2) is 30.7 Å². The summed E-state index contributed by atoms with van der Waals surface area (Å²) in [5.74, 6) is 0.981. The molecule has 3 heterocycles. The molecule has 0 radical (unpaired) electrons. The zero-order valence-corrected chi connectivity index (χ0v) is 12.2. The lowest BCUT2D eigenvalue weighted by atomic mass is 9.97. The molecule has 5 heteroatoms. The minimum absolute atomic E-state index is 0.491. The fourth-order valence-electron chi connectivity index (χ4n) is 2.87. The molecule has 1 aliphatic rings. The van der Waals surface area contributed by atoms with E-state index in [2.05, 4.69) is 20.9 Å². The van der Waals surface area contributed by atoms with E-state index in [0.29, 0.717) is 6.67 Å². The van der Waals surface area contributed by atoms with Crippen molar-refractivity contribution in [3.63, 3.8) is 0 Å². The van der Waals surface area contributed by atoms with Crippen molar-refractivity contribution in [1.82, 2.24) is 9.97 Å². The standard InChI is InChI=1S/C16H20N4O/c1-11(21)14-4-5-18-9-15(14)13-7-12-3-2-6-20(10-17)16(12)19-8-13/h4-5,7-9,11,21H,2-3,6,10,17H2,1H3. The normalized spacial score (nSPS) is 15.7. The lowest BCUT2D eigenvalue weighted by Crippen LogP contribution is -2.35. The van der Waals surface area contributed by atoms with Gasteiger partial charge in [-0.2, -0.15) is 0 Å². The molecule has 0 aliphatic carbocycles. The van der Waals surface area contributed by atoms with Crippen molar-refractivity contribution >= 4 is 5.82 Å². The predicted molar refractivity (Wildman–Crippen MR) is 82.8 cm³/mol. The van der Waals surface area contributed by atoms with Gasteiger partial charge in [0.25, 0.3) is 0 Å². The molecule has 0 saturated carbocycles. The van der Waals surface area contributed by atoms with Crippen LogP contribution in [0.1, 0.15) is 30.6 Å². The number of aliphatic hydroxyl groups is 1. The molecular weight excluding hydrogens is 264 g/mol. The number of anilines is 1. The number of nitrogens with two attached hydrogens (primary N) is 1. The molecule has 2 aromatic heterocycles. The summed E-state index contributed by atoms with van der Waals surface area (Å²) in [6.45, 7) is 3.22. The number of aliphatic hydroxyl groups excluding tert-OH is 1. The molecule has 1 unspecified atom stereocenters. The zero-order chi connectivity index (χ0) is 14.8. The summed E-state index contributed by atoms with van der Waals surface area (Å²) in [4.78, 5) is 10.9. The largest absolute Gasteiger partial charge is 0.389 e. The van der Waals surface area contributed by atoms with E-state index in [1.807, 2.05) is 12.3 Å². The Morgan fingerprint density at radius 1 is 1.43 bits per heavy atom. The molecule has 110 valence electrons. The summed E-state index contributed by atoms with van der Waals surface area (Å²) in [6.07, 6.45) is 6.90. The van der Waals surface area contributed by atoms with Crippen molar-refractivity contribution < 1.29 is 5.11 Å². The second-order valence-electron chi connectivity index (χ2n) is 5.40. The number of nitrogens with zero attached hydrogens (tertiary/aromatic N) is 3. The number of fused-ring (bicyclic) bond motifs is 1. The topological polar surface area (TPSA) is 75.3 Å². The summed E-state index contributed by atoms with van der Waals surface area (Å²) >= 11 is 0. The maximum atomic E-state index is 9.91. The van der Waals surface area contributed by atoms with Gasteiger partial charge >= 0.3 is 0 Å². The van der Waals surface area contributed by atoms with Crippen molar-refractivity contribution in [1.29, 1.82) is 0 Å². The third-order valence-electron chi connectivity index (χ3n) is 3.95. The van der Waals surface area contributed by atoms with Crippen LogP contribution in [0.2, 0.25) is 0 Å². The maximum absolute atomic E-state index is 9.91. The second kappa shape index (κ2) is 5.79. The molecule has 0 amide bonds. The molecule has 0 bridgehead atoms. The van der Waals surface area contributed by atoms with Gasteiger partial charge in [-0.25, -0.2) is 4.98 Å². The SMILES string of the molecule is CC(O)c1ccncc1-c1cnc2c(c1)CCCN2CN. The van der Waals surface area contributed by atoms with Gasteiger partial charge in [-0.15, -0.1) is 0 Å². The van der Waals surface area contributed by atoms with Gasteiger partial charge in [-0.1, -0.05) is 0 Å². The summed E-state index contributed by atoms with van der Waals surface area (Å²) in [7, 11) is 0. The first-order chi connectivity index (χ1) is 10.2. The molecular formula is C16H20N4O. The van der Waals surface area contributed by atoms with Crippen molar-refractivity contribution in [2.75, 3.05) is 18.1 Å². The number of aryl methyl sites for hydroxylation is 1. The Hall–Kier alpha value is -1.98. The molecule has 3 N–H and O–H groups in total. The van der Waals surface area contributed by atoms with Crippen LogP contribution in [0.5, 0.6) is 0 Å². The van der Waals surface area contributed by atoms with Crippen LogP contribution in [0.4, 0.5) is 5.82 Å². The average Bonchev–Trinajstić information content (AvgIpc) is 2.53. The van der Waals surface area contributed by atoms with Crippen LogP contribution in [0.3, 0.4) is 0 Å². The second-order valence-corrected chi connectivity index (χ2v) is 5.40. The minimum atomic E-state index is -0.528. The number of pyridine rings is 2. The Morgan fingerprint density at radius 3 is 3.05 bits per heavy atom. The molecule has 0 saturated heterocycles. The highest BCUT2D eigenvalue weighted by Gasteiger charge is 2.19. The fourth-order valence-corrected chi connectivity index (χ4v) is 2.87. The lowest BCUT2D eigenvalue weighted by Gasteiger charge is -2.29. The van der Waals surface area contributed by atoms with Crippen LogP contribution in [-0.2, 0) is 6.42 Å². The molecule has 5 nitrogen and oxygen atoms in total. The van der Waals surface area contributed by atoms with Crippen LogP contribution in [-0.4, -0.2) is 28.3 Å². The number of aromatic nitrogens is 2. The Labute approximate surface area is 124 Å². The minimum Gasteiger partial charge on any atom is -0.389 e. The van der Waals surface area contributed by atoms with Crippen LogP contribution in [0.25, 0.3) is 11.1 Å². The van der Waals surface area contributed by atoms with Gasteiger partial charge in [0, 0.05) is 36.3 Å². The molecule has 1 aliphatic heterocycles. The van der Waals surface area contributed by atoms with Gasteiger partial charge in [-0.05, 0) is 43.0 Å². The van der Waals surface area contributed by atoms with Crippen molar-refractivity contribution in [2.45, 2.75) is 25.9 Å². The van der Waals surface area contributed by atoms with E-state index in [1.165, 1.54) is 5.56 Å². The molecule has 21 heavy (non-hydrogen) atoms. The van der Waals surface area contributed by atoms with E-state index in [4.69, 9.17) is 5.73 Å². The predicted octanol–water partition coefficient (Wildman–Crippen LogP) is 1.87. The van der Waals surface area contributed by atoms with Crippen molar-refractivity contribution in [3.8, 4) is 11.1 Å². The fraction of sp³-hybridized carbons (Fsp3) is 0.375. The van der Waals surface area contributed by atoms with E-state index < -0.39 is 6.10 Å². The average molecular weight is 284 g/mol. The van der Waals surface area contributed by atoms with Gasteiger partial charge < -0.3 is 15.7 Å². The van der Waals surface area contributed by atoms with Gasteiger partial charge in [0.05, 0.1) is 12.8 Å². The van der Waals surface area contributed by atoms with Gasteiger partial charge in [-0.3, -0.25) is 4.98 Å². The molecule has 2 aromatic rings. The van der Waals surface area contributed by atoms with E-state index >= 15 is 0 Å². The first-order valence-electron chi connectivity index (χ1n) is 7.27. The number of hydrogen-bond acceptors (Lipinski definition) is 5. The third kappa shape index (κ3) is 2.62. The molecule has 0 aromatic carbocycles. The first kappa shape index (κ1) is 14.0. The van der Waals surface area contributed by atoms with Crippen molar-refractivity contribution in [3.05, 3.63) is 41.9 Å². The Bertz CT molecular complexity index is 642. The van der Waals surface area contributed by atoms with Gasteiger partial charge in [0.2, 0.25) is 0 Å². The first-order valence-corrected chi connectivity index (χ1v) is 7.27. The highest BCUT2D eigenvalue weighted by molar-refractivity contribution is 5.69. The molecule has 3 rings (SSSR count). The Kier molecular flexibility index (Phi) is 3.86. The van der Waals surface area contributed by atoms with Crippen molar-refractivity contribution in [2.24, 2.45) is 5.73 Å². The molecule has 1 atom stereocenters. The summed E-state index contributed by atoms with van der Waals surface area (Å²) < 4.78 is 0. The van der Waals surface area contributed by atoms with Crippen LogP contribution >= 0.6 is 0 Å². The summed E-state index contributed by atoms with van der Waals surface area (Å²) in [5.41, 5.74) is 9.79. The smallest absolute Gasteiger partial charge is 0.132 e. The Balaban J connectivity index is 2.05. The van der Waals surface area contributed by atoms with E-state index in [-0.39, 0.29) is 0 Å². The monoisotopic (exact) mass is 284 g/mol. The highest BCUT2D eigenvalue weighted by Crippen LogP contribution is 2.31. The number of hydrogen-bond donors (Lipinski definition) is 2. The summed E-state index contributed by atoms with van der Waals surface area (Å²) in [5, 5.41) is 9.91. The Morgan fingerprint density at radius 2 is 2.29 bits per heavy atom. The quantitative estimate of drug-likeness (QED) is 0.900. The number of rotatable bonds is 3. The van der Waals surface area contributed by atoms with Crippen LogP contribution < -0.4 is 10.6 Å². The molecule has 0 spiro atoms. The highest BCUT2D eigenvalue weighted by atomic mass is 16.3. The molecule has 0 fully saturated rings.